The number of ether oxygens (including phenoxy) is 1. The van der Waals surface area contributed by atoms with Crippen LogP contribution in [0.5, 0.6) is 0 Å². The number of hydrogen-bond donors (Lipinski definition) is 4. The number of carbonyl (C=O) groups is 4. The molecule has 2 heterocycles. The van der Waals surface area contributed by atoms with Gasteiger partial charge in [-0.05, 0) is 76.6 Å². The first kappa shape index (κ1) is 31.6. The lowest BCUT2D eigenvalue weighted by Gasteiger charge is -2.30. The molecule has 14 heteroatoms. The van der Waals surface area contributed by atoms with Crippen LogP contribution >= 0.6 is 11.6 Å². The number of nitrogens with zero attached hydrogens (tertiary/aromatic N) is 1. The van der Waals surface area contributed by atoms with Crippen LogP contribution in [0, 0.1) is 5.92 Å². The molecule has 230 valence electrons. The van der Waals surface area contributed by atoms with Gasteiger partial charge in [-0.1, -0.05) is 36.6 Å². The lowest BCUT2D eigenvalue weighted by Crippen LogP contribution is -2.58. The van der Waals surface area contributed by atoms with Crippen LogP contribution in [0.3, 0.4) is 0 Å². The predicted molar refractivity (Wildman–Crippen MR) is 157 cm³/mol. The Morgan fingerprint density at radius 2 is 1.83 bits per heavy atom. The van der Waals surface area contributed by atoms with Crippen molar-refractivity contribution in [1.82, 2.24) is 20.3 Å². The number of rotatable bonds is 6. The van der Waals surface area contributed by atoms with E-state index in [2.05, 4.69) is 15.4 Å². The zero-order chi connectivity index (χ0) is 30.5. The summed E-state index contributed by atoms with van der Waals surface area (Å²) in [5, 5.41) is 5.87. The molecule has 3 aliphatic rings. The van der Waals surface area contributed by atoms with E-state index in [1.165, 1.54) is 29.2 Å². The van der Waals surface area contributed by atoms with E-state index in [1.54, 1.807) is 13.8 Å². The van der Waals surface area contributed by atoms with Crippen LogP contribution in [0.1, 0.15) is 65.2 Å². The highest BCUT2D eigenvalue weighted by Crippen LogP contribution is 2.45. The maximum absolute atomic E-state index is 13.6. The number of allylic oxidation sites excluding steroid dienone is 1. The molecule has 12 nitrogen and oxygen atoms in total. The minimum absolute atomic E-state index is 0.205. The highest BCUT2D eigenvalue weighted by atomic mass is 35.5. The first-order valence-corrected chi connectivity index (χ1v) is 16.1. The van der Waals surface area contributed by atoms with Gasteiger partial charge in [0.15, 0.2) is 0 Å². The molecule has 4 atom stereocenters. The van der Waals surface area contributed by atoms with Gasteiger partial charge in [0.1, 0.15) is 17.6 Å². The number of benzene rings is 1. The molecule has 1 aliphatic carbocycles. The second-order valence-electron chi connectivity index (χ2n) is 11.2. The van der Waals surface area contributed by atoms with Crippen molar-refractivity contribution in [3.05, 3.63) is 41.4 Å². The number of alkyl carbamates (subject to hydrolysis) is 1. The topological polar surface area (TPSA) is 163 Å². The summed E-state index contributed by atoms with van der Waals surface area (Å²) in [5.41, 5.74) is -1.28. The average Bonchev–Trinajstić information content (AvgIpc) is 3.37. The van der Waals surface area contributed by atoms with Crippen molar-refractivity contribution >= 4 is 51.3 Å². The molecule has 0 aromatic heterocycles. The summed E-state index contributed by atoms with van der Waals surface area (Å²) in [6, 6.07) is 4.18. The van der Waals surface area contributed by atoms with Crippen LogP contribution in [0.15, 0.2) is 36.4 Å². The minimum Gasteiger partial charge on any atom is -0.447 e. The Balaban J connectivity index is 1.53. The molecule has 0 radical (unpaired) electrons. The second-order valence-corrected chi connectivity index (χ2v) is 13.1. The largest absolute Gasteiger partial charge is 0.447 e. The van der Waals surface area contributed by atoms with Crippen molar-refractivity contribution in [3.8, 4) is 0 Å². The standard InChI is InChI=1S/C28H38ClN5O7S/c1-18(2)41-27(38)30-22-10-7-5-3-4-6-9-19-17-28(19,31-24(35)23-11-8-16-34(23)25(22)36)26(37)33-42(39,40)32-21-14-12-20(29)13-15-21/h6,9,12-15,18-19,22-23,32H,3-5,7-8,10-11,16-17H2,1-2H3,(H,30,38)(H,31,35)(H,33,37)/t19-,22+,23+,28-/m1/s1. The molecular formula is C28H38ClN5O7S. The molecule has 1 aromatic carbocycles. The maximum atomic E-state index is 13.6. The molecule has 1 saturated carbocycles. The summed E-state index contributed by atoms with van der Waals surface area (Å²) in [7, 11) is -4.33. The quantitative estimate of drug-likeness (QED) is 0.354. The van der Waals surface area contributed by atoms with E-state index in [0.717, 1.165) is 12.8 Å². The molecule has 2 fully saturated rings. The van der Waals surface area contributed by atoms with Crippen LogP contribution in [0.4, 0.5) is 10.5 Å². The molecule has 4 N–H and O–H groups in total. The lowest BCUT2D eigenvalue weighted by atomic mass is 10.1. The number of amides is 4. The smallest absolute Gasteiger partial charge is 0.408 e. The molecule has 4 rings (SSSR count). The molecule has 1 saturated heterocycles. The Hall–Kier alpha value is -3.32. The van der Waals surface area contributed by atoms with Gasteiger partial charge in [-0.15, -0.1) is 0 Å². The second kappa shape index (κ2) is 13.3. The first-order valence-electron chi connectivity index (χ1n) is 14.3. The molecule has 0 bridgehead atoms. The predicted octanol–water partition coefficient (Wildman–Crippen LogP) is 3.00. The van der Waals surface area contributed by atoms with Gasteiger partial charge in [-0.2, -0.15) is 8.42 Å². The van der Waals surface area contributed by atoms with E-state index in [9.17, 15) is 27.6 Å². The van der Waals surface area contributed by atoms with E-state index in [-0.39, 0.29) is 24.1 Å². The zero-order valence-electron chi connectivity index (χ0n) is 23.7. The summed E-state index contributed by atoms with van der Waals surface area (Å²) < 4.78 is 35.1. The fourth-order valence-corrected chi connectivity index (χ4v) is 6.45. The number of hydrogen-bond acceptors (Lipinski definition) is 7. The van der Waals surface area contributed by atoms with Crippen LogP contribution in [-0.4, -0.2) is 67.4 Å². The van der Waals surface area contributed by atoms with Gasteiger partial charge in [0.2, 0.25) is 11.8 Å². The van der Waals surface area contributed by atoms with Crippen LogP contribution < -0.4 is 20.1 Å². The number of fused-ring (bicyclic) bond motifs is 2. The summed E-state index contributed by atoms with van der Waals surface area (Å²) in [5.74, 6) is -2.22. The van der Waals surface area contributed by atoms with Gasteiger partial charge in [-0.3, -0.25) is 19.1 Å². The molecule has 4 amide bonds. The van der Waals surface area contributed by atoms with Crippen molar-refractivity contribution in [2.45, 2.75) is 88.9 Å². The third-order valence-corrected chi connectivity index (χ3v) is 8.80. The Morgan fingerprint density at radius 1 is 1.10 bits per heavy atom. The van der Waals surface area contributed by atoms with Gasteiger partial charge >= 0.3 is 16.3 Å². The van der Waals surface area contributed by atoms with Gasteiger partial charge in [0, 0.05) is 17.5 Å². The fourth-order valence-electron chi connectivity index (χ4n) is 5.40. The van der Waals surface area contributed by atoms with Gasteiger partial charge in [0.05, 0.1) is 11.8 Å². The molecular weight excluding hydrogens is 586 g/mol. The minimum atomic E-state index is -4.33. The number of carbonyl (C=O) groups excluding carboxylic acids is 4. The Labute approximate surface area is 251 Å². The highest BCUT2D eigenvalue weighted by molar-refractivity contribution is 7.91. The number of nitrogens with one attached hydrogen (secondary N) is 4. The summed E-state index contributed by atoms with van der Waals surface area (Å²) >= 11 is 5.86. The lowest BCUT2D eigenvalue weighted by molar-refractivity contribution is -0.141. The SMILES string of the molecule is CC(C)OC(=O)N[C@H]1CCCCCC=C[C@@H]2C[C@@]2(C(=O)NS(=O)(=O)Nc2ccc(Cl)cc2)NC(=O)[C@@H]2CCCN2C1=O. The molecule has 1 aromatic rings. The van der Waals surface area contributed by atoms with Gasteiger partial charge in [-0.25, -0.2) is 9.52 Å². The van der Waals surface area contributed by atoms with Crippen LogP contribution in [-0.2, 0) is 29.3 Å². The third-order valence-electron chi connectivity index (χ3n) is 7.59. The summed E-state index contributed by atoms with van der Waals surface area (Å²) in [6.07, 6.45) is 7.25. The first-order chi connectivity index (χ1) is 19.9. The molecule has 2 aliphatic heterocycles. The Morgan fingerprint density at radius 3 is 2.55 bits per heavy atom. The Bertz CT molecular complexity index is 1320. The molecule has 0 spiro atoms. The third kappa shape index (κ3) is 7.94. The van der Waals surface area contributed by atoms with Gasteiger partial charge < -0.3 is 20.3 Å². The van der Waals surface area contributed by atoms with Crippen LogP contribution in [0.2, 0.25) is 5.02 Å². The number of halogens is 1. The normalized spacial score (nSPS) is 26.7. The van der Waals surface area contributed by atoms with E-state index in [0.29, 0.717) is 43.7 Å². The van der Waals surface area contributed by atoms with E-state index in [1.807, 2.05) is 16.9 Å². The van der Waals surface area contributed by atoms with Crippen molar-refractivity contribution in [1.29, 1.82) is 0 Å². The van der Waals surface area contributed by atoms with Gasteiger partial charge in [0.25, 0.3) is 5.91 Å². The van der Waals surface area contributed by atoms with E-state index in [4.69, 9.17) is 16.3 Å². The molecule has 42 heavy (non-hydrogen) atoms. The van der Waals surface area contributed by atoms with E-state index < -0.39 is 51.7 Å². The monoisotopic (exact) mass is 623 g/mol. The molecule has 0 unspecified atom stereocenters. The average molecular weight is 624 g/mol. The van der Waals surface area contributed by atoms with Crippen molar-refractivity contribution in [2.75, 3.05) is 11.3 Å². The van der Waals surface area contributed by atoms with Crippen molar-refractivity contribution < 1.29 is 32.3 Å². The fraction of sp³-hybridized carbons (Fsp3) is 0.571. The number of anilines is 1. The summed E-state index contributed by atoms with van der Waals surface area (Å²) in [4.78, 5) is 54.4. The van der Waals surface area contributed by atoms with Crippen LogP contribution in [0.25, 0.3) is 0 Å². The highest BCUT2D eigenvalue weighted by Gasteiger charge is 2.61. The zero-order valence-corrected chi connectivity index (χ0v) is 25.3. The maximum Gasteiger partial charge on any atom is 0.408 e. The van der Waals surface area contributed by atoms with Crippen molar-refractivity contribution in [3.63, 3.8) is 0 Å². The van der Waals surface area contributed by atoms with Crippen molar-refractivity contribution in [2.24, 2.45) is 5.92 Å². The van der Waals surface area contributed by atoms with E-state index >= 15 is 0 Å². The Kier molecular flexibility index (Phi) is 10.0. The summed E-state index contributed by atoms with van der Waals surface area (Å²) in [6.45, 7) is 3.74.